The number of nitrogens with zero attached hydrogens (tertiary/aromatic N) is 2. The first kappa shape index (κ1) is 12.7. The van der Waals surface area contributed by atoms with Crippen LogP contribution in [0, 0.1) is 6.92 Å². The number of hydrogen-bond acceptors (Lipinski definition) is 2. The smallest absolute Gasteiger partial charge is 0.207 e. The Labute approximate surface area is 119 Å². The van der Waals surface area contributed by atoms with E-state index in [2.05, 4.69) is 77.4 Å². The molecular formula is C17H19N3. The van der Waals surface area contributed by atoms with E-state index in [-0.39, 0.29) is 0 Å². The van der Waals surface area contributed by atoms with E-state index < -0.39 is 0 Å². The van der Waals surface area contributed by atoms with Crippen LogP contribution >= 0.6 is 0 Å². The molecule has 3 aromatic rings. The lowest BCUT2D eigenvalue weighted by atomic mass is 10.1. The molecule has 0 amide bonds. The van der Waals surface area contributed by atoms with Crippen molar-refractivity contribution in [3.05, 3.63) is 54.4 Å². The number of aromatic nitrogens is 2. The van der Waals surface area contributed by atoms with E-state index >= 15 is 0 Å². The minimum atomic E-state index is 0.352. The van der Waals surface area contributed by atoms with Gasteiger partial charge >= 0.3 is 0 Å². The summed E-state index contributed by atoms with van der Waals surface area (Å²) in [5.74, 6) is 0.897. The molecule has 0 spiro atoms. The molecule has 0 saturated carbocycles. The number of benzene rings is 2. The molecule has 20 heavy (non-hydrogen) atoms. The molecule has 0 radical (unpaired) electrons. The van der Waals surface area contributed by atoms with Gasteiger partial charge in [0.1, 0.15) is 0 Å². The zero-order chi connectivity index (χ0) is 14.1. The largest absolute Gasteiger partial charge is 0.353 e. The van der Waals surface area contributed by atoms with Crippen molar-refractivity contribution in [3.8, 4) is 5.69 Å². The predicted octanol–water partition coefficient (Wildman–Crippen LogP) is 4.15. The second kappa shape index (κ2) is 5.00. The van der Waals surface area contributed by atoms with Gasteiger partial charge in [0.15, 0.2) is 0 Å². The lowest BCUT2D eigenvalue weighted by Gasteiger charge is -2.14. The number of fused-ring (bicyclic) bond motifs is 1. The highest BCUT2D eigenvalue weighted by molar-refractivity contribution is 5.90. The Kier molecular flexibility index (Phi) is 3.18. The Morgan fingerprint density at radius 3 is 2.60 bits per heavy atom. The van der Waals surface area contributed by atoms with Gasteiger partial charge in [-0.05, 0) is 32.2 Å². The van der Waals surface area contributed by atoms with Crippen molar-refractivity contribution in [3.63, 3.8) is 0 Å². The molecule has 0 bridgehead atoms. The zero-order valence-corrected chi connectivity index (χ0v) is 12.1. The highest BCUT2D eigenvalue weighted by atomic mass is 15.2. The molecule has 0 unspecified atom stereocenters. The summed E-state index contributed by atoms with van der Waals surface area (Å²) in [7, 11) is 0. The monoisotopic (exact) mass is 265 g/mol. The Bertz CT molecular complexity index is 736. The van der Waals surface area contributed by atoms with Crippen molar-refractivity contribution in [2.45, 2.75) is 26.8 Å². The maximum atomic E-state index is 4.59. The van der Waals surface area contributed by atoms with E-state index in [1.165, 1.54) is 10.8 Å². The van der Waals surface area contributed by atoms with E-state index in [4.69, 9.17) is 0 Å². The Morgan fingerprint density at radius 2 is 1.80 bits per heavy atom. The average molecular weight is 265 g/mol. The van der Waals surface area contributed by atoms with E-state index in [0.717, 1.165) is 17.3 Å². The van der Waals surface area contributed by atoms with Crippen LogP contribution in [0.1, 0.15) is 19.5 Å². The molecule has 102 valence electrons. The third-order valence-electron chi connectivity index (χ3n) is 3.27. The number of anilines is 1. The number of nitrogens with one attached hydrogen (secondary N) is 1. The molecular weight excluding hydrogens is 246 g/mol. The normalized spacial score (nSPS) is 11.2. The van der Waals surface area contributed by atoms with Crippen molar-refractivity contribution in [1.82, 2.24) is 9.55 Å². The minimum Gasteiger partial charge on any atom is -0.353 e. The lowest BCUT2D eigenvalue weighted by Crippen LogP contribution is -2.14. The summed E-state index contributed by atoms with van der Waals surface area (Å²) in [5, 5.41) is 5.89. The van der Waals surface area contributed by atoms with Crippen LogP contribution in [-0.2, 0) is 0 Å². The molecule has 0 fully saturated rings. The maximum absolute atomic E-state index is 4.59. The molecule has 3 rings (SSSR count). The van der Waals surface area contributed by atoms with E-state index in [1.807, 2.05) is 6.92 Å². The molecule has 1 N–H and O–H groups in total. The first-order chi connectivity index (χ1) is 9.65. The Morgan fingerprint density at radius 1 is 1.05 bits per heavy atom. The van der Waals surface area contributed by atoms with Gasteiger partial charge in [0, 0.05) is 17.6 Å². The van der Waals surface area contributed by atoms with Crippen LogP contribution in [0.4, 0.5) is 5.95 Å². The third kappa shape index (κ3) is 2.27. The van der Waals surface area contributed by atoms with E-state index in [0.29, 0.717) is 6.04 Å². The van der Waals surface area contributed by atoms with Gasteiger partial charge in [-0.3, -0.25) is 4.57 Å². The topological polar surface area (TPSA) is 29.9 Å². The van der Waals surface area contributed by atoms with Gasteiger partial charge < -0.3 is 5.32 Å². The van der Waals surface area contributed by atoms with Crippen LogP contribution in [0.5, 0.6) is 0 Å². The van der Waals surface area contributed by atoms with Crippen LogP contribution in [0.3, 0.4) is 0 Å². The summed E-state index contributed by atoms with van der Waals surface area (Å²) in [4.78, 5) is 4.59. The van der Waals surface area contributed by atoms with Gasteiger partial charge in [0.25, 0.3) is 0 Å². The molecule has 3 nitrogen and oxygen atoms in total. The molecule has 2 aromatic carbocycles. The van der Waals surface area contributed by atoms with Gasteiger partial charge in [0.2, 0.25) is 5.95 Å². The van der Waals surface area contributed by atoms with Crippen molar-refractivity contribution in [2.75, 3.05) is 5.32 Å². The number of rotatable bonds is 3. The zero-order valence-electron chi connectivity index (χ0n) is 12.1. The molecule has 0 aliphatic carbocycles. The lowest BCUT2D eigenvalue weighted by molar-refractivity contribution is 0.865. The fraction of sp³-hybridized carbons (Fsp3) is 0.235. The first-order valence-electron chi connectivity index (χ1n) is 6.96. The van der Waals surface area contributed by atoms with Crippen LogP contribution in [0.2, 0.25) is 0 Å². The number of aryl methyl sites for hydroxylation is 1. The summed E-state index contributed by atoms with van der Waals surface area (Å²) in [6.45, 7) is 6.27. The summed E-state index contributed by atoms with van der Waals surface area (Å²) in [6.07, 6.45) is 2.08. The third-order valence-corrected chi connectivity index (χ3v) is 3.27. The van der Waals surface area contributed by atoms with Gasteiger partial charge in [0.05, 0.1) is 11.4 Å². The average Bonchev–Trinajstić information content (AvgIpc) is 2.78. The Hall–Kier alpha value is -2.29. The molecule has 0 aliphatic heterocycles. The van der Waals surface area contributed by atoms with E-state index in [9.17, 15) is 0 Å². The van der Waals surface area contributed by atoms with Crippen LogP contribution in [-0.4, -0.2) is 15.6 Å². The van der Waals surface area contributed by atoms with Gasteiger partial charge in [-0.1, -0.05) is 36.4 Å². The predicted molar refractivity (Wildman–Crippen MR) is 84.6 cm³/mol. The maximum Gasteiger partial charge on any atom is 0.207 e. The number of imidazole rings is 1. The van der Waals surface area contributed by atoms with Crippen LogP contribution in [0.25, 0.3) is 16.5 Å². The number of hydrogen-bond donors (Lipinski definition) is 1. The fourth-order valence-electron chi connectivity index (χ4n) is 2.46. The molecule has 0 atom stereocenters. The molecule has 3 heteroatoms. The SMILES string of the molecule is Cc1cn(-c2cccc3ccccc23)c(NC(C)C)n1. The van der Waals surface area contributed by atoms with Gasteiger partial charge in [-0.25, -0.2) is 4.98 Å². The van der Waals surface area contributed by atoms with E-state index in [1.54, 1.807) is 0 Å². The summed E-state index contributed by atoms with van der Waals surface area (Å²) >= 11 is 0. The highest BCUT2D eigenvalue weighted by Gasteiger charge is 2.10. The van der Waals surface area contributed by atoms with Gasteiger partial charge in [-0.15, -0.1) is 0 Å². The molecule has 1 heterocycles. The minimum absolute atomic E-state index is 0.352. The van der Waals surface area contributed by atoms with Crippen molar-refractivity contribution >= 4 is 16.7 Å². The standard InChI is InChI=1S/C17H19N3/c1-12(2)18-17-19-13(3)11-20(17)16-10-6-8-14-7-4-5-9-15(14)16/h4-12H,1-3H3,(H,18,19). The highest BCUT2D eigenvalue weighted by Crippen LogP contribution is 2.25. The molecule has 0 saturated heterocycles. The first-order valence-corrected chi connectivity index (χ1v) is 6.96. The van der Waals surface area contributed by atoms with Crippen molar-refractivity contribution in [1.29, 1.82) is 0 Å². The quantitative estimate of drug-likeness (QED) is 0.770. The van der Waals surface area contributed by atoms with Crippen molar-refractivity contribution in [2.24, 2.45) is 0 Å². The van der Waals surface area contributed by atoms with Crippen molar-refractivity contribution < 1.29 is 0 Å². The summed E-state index contributed by atoms with van der Waals surface area (Å²) in [6, 6.07) is 15.1. The Balaban J connectivity index is 2.20. The summed E-state index contributed by atoms with van der Waals surface area (Å²) in [5.41, 5.74) is 2.17. The molecule has 1 aromatic heterocycles. The second-order valence-corrected chi connectivity index (χ2v) is 5.37. The van der Waals surface area contributed by atoms with Crippen LogP contribution in [0.15, 0.2) is 48.7 Å². The second-order valence-electron chi connectivity index (χ2n) is 5.37. The fourth-order valence-corrected chi connectivity index (χ4v) is 2.46. The van der Waals surface area contributed by atoms with Crippen LogP contribution < -0.4 is 5.32 Å². The van der Waals surface area contributed by atoms with Gasteiger partial charge in [-0.2, -0.15) is 0 Å². The molecule has 0 aliphatic rings. The summed E-state index contributed by atoms with van der Waals surface area (Å²) < 4.78 is 2.14.